The average molecular weight is 507 g/mol. The normalized spacial score (nSPS) is 21.6. The number of methoxy groups -OCH3 is 1. The molecule has 1 aromatic carbocycles. The Morgan fingerprint density at radius 1 is 1.08 bits per heavy atom. The maximum Gasteiger partial charge on any atom is 0.326 e. The third-order valence-corrected chi connectivity index (χ3v) is 8.92. The molecule has 0 atom stereocenters. The number of benzene rings is 1. The lowest BCUT2D eigenvalue weighted by atomic mass is 9.89. The molecule has 4 aromatic rings. The minimum absolute atomic E-state index is 0.000937. The third kappa shape index (κ3) is 4.12. The molecule has 0 amide bonds. The number of aromatic amines is 1. The molecule has 8 nitrogen and oxygen atoms in total. The van der Waals surface area contributed by atoms with Gasteiger partial charge in [0.05, 0.1) is 18.1 Å². The second kappa shape index (κ2) is 9.59. The average Bonchev–Trinajstić information content (AvgIpc) is 3.51. The highest BCUT2D eigenvalue weighted by Crippen LogP contribution is 2.37. The molecule has 0 unspecified atom stereocenters. The predicted octanol–water partition coefficient (Wildman–Crippen LogP) is 4.70. The molecule has 6 rings (SSSR count). The second-order valence-electron chi connectivity index (χ2n) is 10.3. The molecule has 4 heterocycles. The lowest BCUT2D eigenvalue weighted by molar-refractivity contribution is 0.150. The van der Waals surface area contributed by atoms with Crippen LogP contribution in [0.25, 0.3) is 27.8 Å². The summed E-state index contributed by atoms with van der Waals surface area (Å²) < 4.78 is 9.38. The van der Waals surface area contributed by atoms with Crippen molar-refractivity contribution < 1.29 is 4.74 Å². The molecule has 0 bridgehead atoms. The van der Waals surface area contributed by atoms with E-state index in [0.29, 0.717) is 17.4 Å². The summed E-state index contributed by atoms with van der Waals surface area (Å²) in [4.78, 5) is 23.4. The van der Waals surface area contributed by atoms with E-state index in [1.807, 2.05) is 16.8 Å². The lowest BCUT2D eigenvalue weighted by Gasteiger charge is -2.39. The molecule has 1 N–H and O–H groups in total. The number of thioether (sulfide) groups is 1. The van der Waals surface area contributed by atoms with Gasteiger partial charge in [0.15, 0.2) is 11.4 Å². The first-order valence-electron chi connectivity index (χ1n) is 13.0. The number of hydrogen-bond acceptors (Lipinski definition) is 6. The van der Waals surface area contributed by atoms with Gasteiger partial charge in [-0.15, -0.1) is 0 Å². The number of pyridine rings is 1. The van der Waals surface area contributed by atoms with Crippen molar-refractivity contribution in [3.8, 4) is 16.9 Å². The van der Waals surface area contributed by atoms with Gasteiger partial charge in [-0.25, -0.2) is 14.3 Å². The van der Waals surface area contributed by atoms with Crippen molar-refractivity contribution in [2.24, 2.45) is 0 Å². The number of aromatic nitrogens is 5. The van der Waals surface area contributed by atoms with E-state index in [9.17, 15) is 4.79 Å². The van der Waals surface area contributed by atoms with Crippen molar-refractivity contribution in [3.63, 3.8) is 0 Å². The molecule has 0 radical (unpaired) electrons. The van der Waals surface area contributed by atoms with Crippen LogP contribution < -0.4 is 10.4 Å². The van der Waals surface area contributed by atoms with Crippen LogP contribution in [0, 0.1) is 0 Å². The van der Waals surface area contributed by atoms with Crippen molar-refractivity contribution >= 4 is 28.4 Å². The molecule has 1 aliphatic heterocycles. The van der Waals surface area contributed by atoms with Crippen molar-refractivity contribution in [2.75, 3.05) is 31.7 Å². The topological polar surface area (TPSA) is 80.5 Å². The van der Waals surface area contributed by atoms with Crippen molar-refractivity contribution in [1.29, 1.82) is 0 Å². The van der Waals surface area contributed by atoms with Crippen LogP contribution >= 0.6 is 11.8 Å². The van der Waals surface area contributed by atoms with Gasteiger partial charge in [-0.2, -0.15) is 16.9 Å². The fourth-order valence-electron chi connectivity index (χ4n) is 6.10. The van der Waals surface area contributed by atoms with Gasteiger partial charge in [0.1, 0.15) is 6.33 Å². The van der Waals surface area contributed by atoms with Crippen LogP contribution in [0.15, 0.2) is 35.5 Å². The Balaban J connectivity index is 1.37. The smallest absolute Gasteiger partial charge is 0.326 e. The minimum atomic E-state index is -0.000937. The Morgan fingerprint density at radius 2 is 1.83 bits per heavy atom. The van der Waals surface area contributed by atoms with Gasteiger partial charge in [0, 0.05) is 48.4 Å². The molecular formula is C27H34N6O2S. The first kappa shape index (κ1) is 23.6. The fraction of sp³-hybridized carbons (Fsp3) is 0.519. The van der Waals surface area contributed by atoms with E-state index in [-0.39, 0.29) is 17.6 Å². The summed E-state index contributed by atoms with van der Waals surface area (Å²) in [6.45, 7) is 6.82. The van der Waals surface area contributed by atoms with Crippen LogP contribution in [-0.4, -0.2) is 66.8 Å². The van der Waals surface area contributed by atoms with Gasteiger partial charge < -0.3 is 9.72 Å². The lowest BCUT2D eigenvalue weighted by Crippen LogP contribution is -2.43. The summed E-state index contributed by atoms with van der Waals surface area (Å²) in [6, 6.07) is 7.27. The Morgan fingerprint density at radius 3 is 2.56 bits per heavy atom. The molecule has 190 valence electrons. The number of rotatable bonds is 5. The zero-order chi connectivity index (χ0) is 24.8. The molecule has 2 aliphatic rings. The first-order chi connectivity index (χ1) is 17.5. The molecular weight excluding hydrogens is 472 g/mol. The van der Waals surface area contributed by atoms with Crippen LogP contribution in [0.3, 0.4) is 0 Å². The molecule has 1 saturated carbocycles. The zero-order valence-electron chi connectivity index (χ0n) is 21.2. The van der Waals surface area contributed by atoms with Crippen LogP contribution in [-0.2, 0) is 0 Å². The Bertz CT molecular complexity index is 1440. The largest absolute Gasteiger partial charge is 0.493 e. The summed E-state index contributed by atoms with van der Waals surface area (Å²) in [7, 11) is 1.65. The van der Waals surface area contributed by atoms with Gasteiger partial charge in [0.2, 0.25) is 0 Å². The highest BCUT2D eigenvalue weighted by atomic mass is 32.2. The van der Waals surface area contributed by atoms with Crippen LogP contribution in [0.5, 0.6) is 5.75 Å². The summed E-state index contributed by atoms with van der Waals surface area (Å²) in [5.74, 6) is 3.46. The van der Waals surface area contributed by atoms with Gasteiger partial charge in [-0.1, -0.05) is 13.8 Å². The number of nitrogens with one attached hydrogen (secondary N) is 1. The predicted molar refractivity (Wildman–Crippen MR) is 145 cm³/mol. The van der Waals surface area contributed by atoms with Gasteiger partial charge in [0.25, 0.3) is 0 Å². The van der Waals surface area contributed by atoms with E-state index in [1.54, 1.807) is 11.6 Å². The Kier molecular flexibility index (Phi) is 6.29. The Labute approximate surface area is 215 Å². The van der Waals surface area contributed by atoms with Crippen molar-refractivity contribution in [1.82, 2.24) is 29.0 Å². The second-order valence-corrected chi connectivity index (χ2v) is 11.6. The molecule has 2 fully saturated rings. The molecule has 36 heavy (non-hydrogen) atoms. The fourth-order valence-corrected chi connectivity index (χ4v) is 7.03. The molecule has 1 saturated heterocycles. The summed E-state index contributed by atoms with van der Waals surface area (Å²) in [6.07, 6.45) is 7.96. The van der Waals surface area contributed by atoms with Crippen molar-refractivity contribution in [3.05, 3.63) is 46.8 Å². The highest BCUT2D eigenvalue weighted by molar-refractivity contribution is 7.99. The highest BCUT2D eigenvalue weighted by Gasteiger charge is 2.29. The monoisotopic (exact) mass is 506 g/mol. The standard InChI is InChI=1S/C27H34N6O2S/c1-17(2)21-14-24-23(13-22(21)18-12-25(35-3)26-28-16-29-32(26)15-18)30-27(34)33(24)20-6-4-19(5-7-20)31-8-10-36-11-9-31/h12-17,19-20H,4-11H2,1-3H3,(H,30,34). The van der Waals surface area contributed by atoms with E-state index in [2.05, 4.69) is 57.7 Å². The minimum Gasteiger partial charge on any atom is -0.493 e. The van der Waals surface area contributed by atoms with Crippen LogP contribution in [0.4, 0.5) is 0 Å². The summed E-state index contributed by atoms with van der Waals surface area (Å²) in [5, 5.41) is 4.33. The molecule has 0 spiro atoms. The van der Waals surface area contributed by atoms with Gasteiger partial charge in [-0.3, -0.25) is 9.47 Å². The SMILES string of the molecule is COc1cc(-c2cc3[nH]c(=O)n(C4CCC(N5CCSCC5)CC4)c3cc2C(C)C)cn2ncnc12. The van der Waals surface area contributed by atoms with E-state index < -0.39 is 0 Å². The maximum atomic E-state index is 13.2. The zero-order valence-corrected chi connectivity index (χ0v) is 22.1. The summed E-state index contributed by atoms with van der Waals surface area (Å²) >= 11 is 2.06. The molecule has 3 aromatic heterocycles. The molecule has 1 aliphatic carbocycles. The van der Waals surface area contributed by atoms with E-state index in [1.165, 1.54) is 49.3 Å². The van der Waals surface area contributed by atoms with Gasteiger partial charge in [-0.05, 0) is 60.9 Å². The van der Waals surface area contributed by atoms with Crippen molar-refractivity contribution in [2.45, 2.75) is 57.5 Å². The number of hydrogen-bond donors (Lipinski definition) is 1. The first-order valence-corrected chi connectivity index (χ1v) is 14.2. The number of nitrogens with zero attached hydrogens (tertiary/aromatic N) is 5. The maximum absolute atomic E-state index is 13.2. The van der Waals surface area contributed by atoms with E-state index in [0.717, 1.165) is 35.0 Å². The van der Waals surface area contributed by atoms with E-state index >= 15 is 0 Å². The van der Waals surface area contributed by atoms with Gasteiger partial charge >= 0.3 is 5.69 Å². The van der Waals surface area contributed by atoms with E-state index in [4.69, 9.17) is 4.74 Å². The molecule has 9 heteroatoms. The van der Waals surface area contributed by atoms with Crippen LogP contribution in [0.2, 0.25) is 0 Å². The summed E-state index contributed by atoms with van der Waals surface area (Å²) in [5.41, 5.74) is 5.85. The number of ether oxygens (including phenoxy) is 1. The Hall–Kier alpha value is -2.78. The number of fused-ring (bicyclic) bond motifs is 2. The number of H-pyrrole nitrogens is 1. The number of imidazole rings is 1. The quantitative estimate of drug-likeness (QED) is 0.423. The third-order valence-electron chi connectivity index (χ3n) is 7.98. The van der Waals surface area contributed by atoms with Crippen LogP contribution in [0.1, 0.15) is 57.1 Å².